The van der Waals surface area contributed by atoms with Gasteiger partial charge in [0.15, 0.2) is 0 Å². The molecule has 1 saturated heterocycles. The SMILES string of the molecule is CCCC(C#N)(CCC)C(=O)N(C)CC1CCN(C)CC1. The molecule has 0 aliphatic carbocycles. The zero-order chi connectivity index (χ0) is 15.9. The number of rotatable bonds is 7. The molecule has 4 heteroatoms. The molecule has 0 N–H and O–H groups in total. The van der Waals surface area contributed by atoms with Gasteiger partial charge in [0.1, 0.15) is 5.41 Å². The van der Waals surface area contributed by atoms with Crippen molar-refractivity contribution in [2.75, 3.05) is 33.7 Å². The first kappa shape index (κ1) is 18.0. The van der Waals surface area contributed by atoms with Gasteiger partial charge < -0.3 is 9.80 Å². The molecule has 0 spiro atoms. The zero-order valence-corrected chi connectivity index (χ0v) is 14.2. The first-order valence-electron chi connectivity index (χ1n) is 8.34. The lowest BCUT2D eigenvalue weighted by atomic mass is 9.79. The summed E-state index contributed by atoms with van der Waals surface area (Å²) in [6, 6.07) is 2.34. The molecule has 0 radical (unpaired) electrons. The quantitative estimate of drug-likeness (QED) is 0.725. The predicted molar refractivity (Wildman–Crippen MR) is 85.7 cm³/mol. The van der Waals surface area contributed by atoms with Crippen LogP contribution in [0.15, 0.2) is 0 Å². The zero-order valence-electron chi connectivity index (χ0n) is 14.2. The number of likely N-dealkylation sites (tertiary alicyclic amines) is 1. The van der Waals surface area contributed by atoms with Gasteiger partial charge in [0.25, 0.3) is 0 Å². The van der Waals surface area contributed by atoms with E-state index in [1.807, 2.05) is 25.8 Å². The Labute approximate surface area is 130 Å². The van der Waals surface area contributed by atoms with Gasteiger partial charge in [-0.05, 0) is 51.7 Å². The molecule has 1 aliphatic rings. The van der Waals surface area contributed by atoms with E-state index >= 15 is 0 Å². The molecule has 0 aromatic carbocycles. The van der Waals surface area contributed by atoms with Crippen molar-refractivity contribution in [1.82, 2.24) is 9.80 Å². The minimum absolute atomic E-state index is 0.0348. The van der Waals surface area contributed by atoms with Crippen LogP contribution in [-0.4, -0.2) is 49.4 Å². The first-order valence-corrected chi connectivity index (χ1v) is 8.34. The van der Waals surface area contributed by atoms with Gasteiger partial charge in [-0.15, -0.1) is 0 Å². The largest absolute Gasteiger partial charge is 0.344 e. The van der Waals surface area contributed by atoms with Crippen molar-refractivity contribution in [3.8, 4) is 6.07 Å². The van der Waals surface area contributed by atoms with Crippen LogP contribution in [0.3, 0.4) is 0 Å². The van der Waals surface area contributed by atoms with Crippen molar-refractivity contribution < 1.29 is 4.79 Å². The minimum Gasteiger partial charge on any atom is -0.344 e. The van der Waals surface area contributed by atoms with Gasteiger partial charge >= 0.3 is 0 Å². The molecule has 1 amide bonds. The number of hydrogen-bond acceptors (Lipinski definition) is 3. The van der Waals surface area contributed by atoms with Crippen LogP contribution in [0.25, 0.3) is 0 Å². The van der Waals surface area contributed by atoms with Crippen LogP contribution in [0.5, 0.6) is 0 Å². The molecule has 120 valence electrons. The summed E-state index contributed by atoms with van der Waals surface area (Å²) in [6.07, 6.45) is 5.40. The van der Waals surface area contributed by atoms with E-state index in [1.54, 1.807) is 0 Å². The number of carbonyl (C=O) groups is 1. The number of nitrogens with zero attached hydrogens (tertiary/aromatic N) is 3. The highest BCUT2D eigenvalue weighted by molar-refractivity contribution is 5.85. The minimum atomic E-state index is -0.802. The van der Waals surface area contributed by atoms with E-state index in [9.17, 15) is 10.1 Å². The second-order valence-electron chi connectivity index (χ2n) is 6.63. The molecule has 0 unspecified atom stereocenters. The van der Waals surface area contributed by atoms with Gasteiger partial charge in [0.2, 0.25) is 5.91 Å². The highest BCUT2D eigenvalue weighted by Crippen LogP contribution is 2.32. The van der Waals surface area contributed by atoms with E-state index < -0.39 is 5.41 Å². The smallest absolute Gasteiger partial charge is 0.242 e. The summed E-state index contributed by atoms with van der Waals surface area (Å²) in [7, 11) is 4.02. The third-order valence-electron chi connectivity index (χ3n) is 4.69. The third-order valence-corrected chi connectivity index (χ3v) is 4.69. The van der Waals surface area contributed by atoms with Crippen LogP contribution in [-0.2, 0) is 4.79 Å². The van der Waals surface area contributed by atoms with E-state index in [1.165, 1.54) is 0 Å². The molecule has 0 saturated carbocycles. The number of amides is 1. The molecule has 1 heterocycles. The average Bonchev–Trinajstić information content (AvgIpc) is 2.48. The van der Waals surface area contributed by atoms with Crippen LogP contribution >= 0.6 is 0 Å². The maximum atomic E-state index is 12.8. The summed E-state index contributed by atoms with van der Waals surface area (Å²) in [5, 5.41) is 9.59. The second kappa shape index (κ2) is 8.38. The third kappa shape index (κ3) is 4.71. The topological polar surface area (TPSA) is 47.3 Å². The molecule has 1 fully saturated rings. The molecule has 1 aliphatic heterocycles. The van der Waals surface area contributed by atoms with Crippen LogP contribution in [0.1, 0.15) is 52.4 Å². The summed E-state index contributed by atoms with van der Waals surface area (Å²) in [6.45, 7) is 7.11. The monoisotopic (exact) mass is 293 g/mol. The molecule has 0 aromatic rings. The maximum Gasteiger partial charge on any atom is 0.242 e. The summed E-state index contributed by atoms with van der Waals surface area (Å²) < 4.78 is 0. The average molecular weight is 293 g/mol. The Bertz CT molecular complexity index is 361. The Hall–Kier alpha value is -1.08. The lowest BCUT2D eigenvalue weighted by Gasteiger charge is -2.35. The Kier molecular flexibility index (Phi) is 7.17. The standard InChI is InChI=1S/C17H31N3O/c1-5-9-17(14-18,10-6-2)16(21)20(4)13-15-7-11-19(3)12-8-15/h15H,5-13H2,1-4H3. The van der Waals surface area contributed by atoms with Crippen LogP contribution in [0.4, 0.5) is 0 Å². The fraction of sp³-hybridized carbons (Fsp3) is 0.882. The second-order valence-corrected chi connectivity index (χ2v) is 6.63. The van der Waals surface area contributed by atoms with Crippen molar-refractivity contribution in [3.63, 3.8) is 0 Å². The molecule has 0 bridgehead atoms. The van der Waals surface area contributed by atoms with E-state index in [0.29, 0.717) is 18.8 Å². The van der Waals surface area contributed by atoms with E-state index in [-0.39, 0.29) is 5.91 Å². The van der Waals surface area contributed by atoms with Crippen molar-refractivity contribution in [1.29, 1.82) is 5.26 Å². The Morgan fingerprint density at radius 1 is 1.29 bits per heavy atom. The van der Waals surface area contributed by atoms with Crippen molar-refractivity contribution in [2.45, 2.75) is 52.4 Å². The summed E-state index contributed by atoms with van der Waals surface area (Å²) in [5.74, 6) is 0.613. The van der Waals surface area contributed by atoms with E-state index in [2.05, 4.69) is 18.0 Å². The molecule has 1 rings (SSSR count). The molecule has 0 atom stereocenters. The van der Waals surface area contributed by atoms with Gasteiger partial charge in [-0.3, -0.25) is 4.79 Å². The van der Waals surface area contributed by atoms with Gasteiger partial charge in [-0.2, -0.15) is 5.26 Å². The Morgan fingerprint density at radius 2 is 1.81 bits per heavy atom. The highest BCUT2D eigenvalue weighted by atomic mass is 16.2. The van der Waals surface area contributed by atoms with Crippen molar-refractivity contribution in [2.24, 2.45) is 11.3 Å². The van der Waals surface area contributed by atoms with Gasteiger partial charge in [-0.25, -0.2) is 0 Å². The number of hydrogen-bond donors (Lipinski definition) is 0. The van der Waals surface area contributed by atoms with E-state index in [0.717, 1.165) is 45.3 Å². The fourth-order valence-corrected chi connectivity index (χ4v) is 3.43. The molecule has 0 aromatic heterocycles. The van der Waals surface area contributed by atoms with Crippen LogP contribution in [0.2, 0.25) is 0 Å². The number of carbonyl (C=O) groups excluding carboxylic acids is 1. The molecular weight excluding hydrogens is 262 g/mol. The normalized spacial score (nSPS) is 17.5. The summed E-state index contributed by atoms with van der Waals surface area (Å²) >= 11 is 0. The maximum absolute atomic E-state index is 12.8. The first-order chi connectivity index (χ1) is 9.99. The van der Waals surface area contributed by atoms with Crippen molar-refractivity contribution in [3.05, 3.63) is 0 Å². The van der Waals surface area contributed by atoms with Crippen LogP contribution < -0.4 is 0 Å². The number of piperidine rings is 1. The van der Waals surface area contributed by atoms with Crippen molar-refractivity contribution >= 4 is 5.91 Å². The van der Waals surface area contributed by atoms with E-state index in [4.69, 9.17) is 0 Å². The lowest BCUT2D eigenvalue weighted by Crippen LogP contribution is -2.44. The fourth-order valence-electron chi connectivity index (χ4n) is 3.43. The predicted octanol–water partition coefficient (Wildman–Crippen LogP) is 2.90. The van der Waals surface area contributed by atoms with Crippen LogP contribution in [0, 0.1) is 22.7 Å². The van der Waals surface area contributed by atoms with Gasteiger partial charge in [0, 0.05) is 13.6 Å². The number of nitriles is 1. The lowest BCUT2D eigenvalue weighted by molar-refractivity contribution is -0.139. The molecule has 4 nitrogen and oxygen atoms in total. The Balaban J connectivity index is 2.67. The van der Waals surface area contributed by atoms with Gasteiger partial charge in [0.05, 0.1) is 6.07 Å². The molecule has 21 heavy (non-hydrogen) atoms. The summed E-state index contributed by atoms with van der Waals surface area (Å²) in [5.41, 5.74) is -0.802. The van der Waals surface area contributed by atoms with Gasteiger partial charge in [-0.1, -0.05) is 26.7 Å². The Morgan fingerprint density at radius 3 is 2.24 bits per heavy atom. The molecular formula is C17H31N3O. The summed E-state index contributed by atoms with van der Waals surface area (Å²) in [4.78, 5) is 17.0. The highest BCUT2D eigenvalue weighted by Gasteiger charge is 2.39.